The largest absolute Gasteiger partial charge is 0.312 e. The van der Waals surface area contributed by atoms with Gasteiger partial charge in [-0.2, -0.15) is 0 Å². The van der Waals surface area contributed by atoms with E-state index in [-0.39, 0.29) is 24.0 Å². The molecule has 0 aromatic carbocycles. The molecule has 0 heterocycles. The summed E-state index contributed by atoms with van der Waals surface area (Å²) >= 11 is 5.92. The maximum absolute atomic E-state index is 5.92. The third-order valence-electron chi connectivity index (χ3n) is 2.36. The molecule has 0 aliphatic heterocycles. The van der Waals surface area contributed by atoms with E-state index in [4.69, 9.17) is 11.6 Å². The first-order valence-corrected chi connectivity index (χ1v) is 4.60. The second kappa shape index (κ2) is 5.66. The first-order chi connectivity index (χ1) is 5.79. The number of hydrogen-bond donors (Lipinski definition) is 2. The normalized spacial score (nSPS) is 31.5. The average molecular weight is 223 g/mol. The summed E-state index contributed by atoms with van der Waals surface area (Å²) in [7, 11) is 3.86. The van der Waals surface area contributed by atoms with Crippen LogP contribution in [-0.2, 0) is 0 Å². The Hall–Kier alpha value is -0.0200. The van der Waals surface area contributed by atoms with Gasteiger partial charge >= 0.3 is 0 Å². The molecule has 0 bridgehead atoms. The van der Waals surface area contributed by atoms with Gasteiger partial charge in [-0.25, -0.2) is 0 Å². The Balaban J connectivity index is 0.00000144. The van der Waals surface area contributed by atoms with Crippen molar-refractivity contribution in [2.45, 2.75) is 11.6 Å². The topological polar surface area (TPSA) is 24.1 Å². The van der Waals surface area contributed by atoms with E-state index in [1.54, 1.807) is 0 Å². The van der Waals surface area contributed by atoms with Gasteiger partial charge in [-0.15, -0.1) is 24.0 Å². The predicted octanol–water partition coefficient (Wildman–Crippen LogP) is 1.32. The summed E-state index contributed by atoms with van der Waals surface area (Å²) in [6.45, 7) is 0. The minimum absolute atomic E-state index is 0. The summed E-state index contributed by atoms with van der Waals surface area (Å²) in [5.41, 5.74) is -0.134. The lowest BCUT2D eigenvalue weighted by molar-refractivity contribution is 0.393. The van der Waals surface area contributed by atoms with Gasteiger partial charge in [-0.1, -0.05) is 24.3 Å². The summed E-state index contributed by atoms with van der Waals surface area (Å²) in [5, 5.41) is 6.45. The van der Waals surface area contributed by atoms with Crippen molar-refractivity contribution in [2.75, 3.05) is 20.0 Å². The van der Waals surface area contributed by atoms with Gasteiger partial charge < -0.3 is 10.6 Å². The maximum atomic E-state index is 5.92. The van der Waals surface area contributed by atoms with Crippen LogP contribution in [0.5, 0.6) is 0 Å². The summed E-state index contributed by atoms with van der Waals surface area (Å²) in [6.07, 6.45) is 8.26. The first kappa shape index (κ1) is 13.0. The van der Waals surface area contributed by atoms with Crippen molar-refractivity contribution in [3.05, 3.63) is 24.3 Å². The molecular weight excluding hydrogens is 207 g/mol. The fraction of sp³-hybridized carbons (Fsp3) is 0.556. The Morgan fingerprint density at radius 1 is 1.38 bits per heavy atom. The second-order valence-corrected chi connectivity index (χ2v) is 3.20. The fourth-order valence-corrected chi connectivity index (χ4v) is 1.85. The molecule has 0 aromatic rings. The molecule has 0 radical (unpaired) electrons. The van der Waals surface area contributed by atoms with Gasteiger partial charge in [-0.05, 0) is 14.1 Å². The first-order valence-electron chi connectivity index (χ1n) is 4.07. The molecule has 0 amide bonds. The Morgan fingerprint density at radius 2 is 2.08 bits per heavy atom. The standard InChI is InChI=1S/C9H15ClN2.ClH/c1-11-8-5-3-4-6-9(8,7-10)12-2;/h3-6,8,11-12H,7H2,1-2H3;1H. The molecule has 2 unspecified atom stereocenters. The third kappa shape index (κ3) is 2.47. The number of allylic oxidation sites excluding steroid dienone is 2. The van der Waals surface area contributed by atoms with Crippen LogP contribution >= 0.6 is 24.0 Å². The Labute approximate surface area is 90.8 Å². The molecule has 0 spiro atoms. The van der Waals surface area contributed by atoms with Crippen LogP contribution in [0.25, 0.3) is 0 Å². The molecule has 0 saturated carbocycles. The van der Waals surface area contributed by atoms with Crippen molar-refractivity contribution in [1.82, 2.24) is 10.6 Å². The lowest BCUT2D eigenvalue weighted by atomic mass is 9.88. The van der Waals surface area contributed by atoms with Crippen molar-refractivity contribution < 1.29 is 0 Å². The monoisotopic (exact) mass is 222 g/mol. The molecule has 4 heteroatoms. The Kier molecular flexibility index (Phi) is 5.65. The van der Waals surface area contributed by atoms with E-state index in [0.29, 0.717) is 5.88 Å². The second-order valence-electron chi connectivity index (χ2n) is 2.93. The number of halogens is 2. The van der Waals surface area contributed by atoms with Gasteiger partial charge in [0, 0.05) is 11.9 Å². The van der Waals surface area contributed by atoms with Crippen molar-refractivity contribution in [3.63, 3.8) is 0 Å². The summed E-state index contributed by atoms with van der Waals surface area (Å²) in [4.78, 5) is 0. The molecule has 13 heavy (non-hydrogen) atoms. The highest BCUT2D eigenvalue weighted by molar-refractivity contribution is 6.19. The number of nitrogens with one attached hydrogen (secondary N) is 2. The van der Waals surface area contributed by atoms with E-state index < -0.39 is 0 Å². The summed E-state index contributed by atoms with van der Waals surface area (Å²) < 4.78 is 0. The average Bonchev–Trinajstić information content (AvgIpc) is 2.17. The van der Waals surface area contributed by atoms with Gasteiger partial charge in [0.05, 0.1) is 5.54 Å². The zero-order valence-electron chi connectivity index (χ0n) is 7.88. The highest BCUT2D eigenvalue weighted by Gasteiger charge is 2.32. The van der Waals surface area contributed by atoms with Crippen LogP contribution in [0.2, 0.25) is 0 Å². The van der Waals surface area contributed by atoms with E-state index in [1.165, 1.54) is 0 Å². The Bertz CT molecular complexity index is 198. The minimum atomic E-state index is -0.134. The molecule has 0 fully saturated rings. The molecule has 2 nitrogen and oxygen atoms in total. The zero-order valence-corrected chi connectivity index (χ0v) is 9.45. The van der Waals surface area contributed by atoms with Gasteiger partial charge in [0.2, 0.25) is 0 Å². The van der Waals surface area contributed by atoms with Gasteiger partial charge in [0.15, 0.2) is 0 Å². The molecule has 1 aliphatic carbocycles. The summed E-state index contributed by atoms with van der Waals surface area (Å²) in [6, 6.07) is 0.269. The molecule has 76 valence electrons. The van der Waals surface area contributed by atoms with Crippen LogP contribution in [0.15, 0.2) is 24.3 Å². The van der Waals surface area contributed by atoms with E-state index >= 15 is 0 Å². The van der Waals surface area contributed by atoms with E-state index in [1.807, 2.05) is 26.2 Å². The van der Waals surface area contributed by atoms with E-state index in [9.17, 15) is 0 Å². The van der Waals surface area contributed by atoms with Crippen LogP contribution in [0.1, 0.15) is 0 Å². The molecule has 1 aliphatic rings. The van der Waals surface area contributed by atoms with Crippen LogP contribution in [0.4, 0.5) is 0 Å². The van der Waals surface area contributed by atoms with Gasteiger partial charge in [-0.3, -0.25) is 0 Å². The van der Waals surface area contributed by atoms with E-state index in [0.717, 1.165) is 0 Å². The lowest BCUT2D eigenvalue weighted by Gasteiger charge is -2.36. The van der Waals surface area contributed by atoms with Crippen molar-refractivity contribution in [3.8, 4) is 0 Å². The van der Waals surface area contributed by atoms with Gasteiger partial charge in [0.25, 0.3) is 0 Å². The molecule has 1 rings (SSSR count). The molecule has 2 atom stereocenters. The maximum Gasteiger partial charge on any atom is 0.0694 e. The molecular formula is C9H16Cl2N2. The number of rotatable bonds is 3. The quantitative estimate of drug-likeness (QED) is 0.705. The SMILES string of the molecule is CNC1C=CC=CC1(CCl)NC.Cl. The fourth-order valence-electron chi connectivity index (χ4n) is 1.47. The predicted molar refractivity (Wildman–Crippen MR) is 60.9 cm³/mol. The van der Waals surface area contributed by atoms with Gasteiger partial charge in [0.1, 0.15) is 0 Å². The summed E-state index contributed by atoms with van der Waals surface area (Å²) in [5.74, 6) is 0.565. The zero-order chi connectivity index (χ0) is 9.03. The van der Waals surface area contributed by atoms with E-state index in [2.05, 4.69) is 22.8 Å². The molecule has 0 saturated heterocycles. The number of alkyl halides is 1. The van der Waals surface area contributed by atoms with Crippen molar-refractivity contribution in [2.24, 2.45) is 0 Å². The van der Waals surface area contributed by atoms with Crippen LogP contribution in [0, 0.1) is 0 Å². The minimum Gasteiger partial charge on any atom is -0.312 e. The number of hydrogen-bond acceptors (Lipinski definition) is 2. The van der Waals surface area contributed by atoms with Crippen molar-refractivity contribution >= 4 is 24.0 Å². The smallest absolute Gasteiger partial charge is 0.0694 e. The highest BCUT2D eigenvalue weighted by Crippen LogP contribution is 2.19. The Morgan fingerprint density at radius 3 is 2.46 bits per heavy atom. The van der Waals surface area contributed by atoms with Crippen LogP contribution in [-0.4, -0.2) is 31.6 Å². The van der Waals surface area contributed by atoms with Crippen molar-refractivity contribution in [1.29, 1.82) is 0 Å². The molecule has 2 N–H and O–H groups in total. The third-order valence-corrected chi connectivity index (χ3v) is 2.80. The highest BCUT2D eigenvalue weighted by atomic mass is 35.5. The van der Waals surface area contributed by atoms with Crippen LogP contribution < -0.4 is 10.6 Å². The van der Waals surface area contributed by atoms with Crippen LogP contribution in [0.3, 0.4) is 0 Å². The molecule has 0 aromatic heterocycles. The number of likely N-dealkylation sites (N-methyl/N-ethyl adjacent to an activating group) is 2. The lowest BCUT2D eigenvalue weighted by Crippen LogP contribution is -2.58.